The second-order valence-corrected chi connectivity index (χ2v) is 6.32. The highest BCUT2D eigenvalue weighted by atomic mass is 16.6. The lowest BCUT2D eigenvalue weighted by Gasteiger charge is -2.52. The van der Waals surface area contributed by atoms with Gasteiger partial charge in [0, 0.05) is 25.7 Å². The summed E-state index contributed by atoms with van der Waals surface area (Å²) in [5, 5.41) is 0. The van der Waals surface area contributed by atoms with Gasteiger partial charge in [-0.3, -0.25) is 9.59 Å². The molecule has 0 saturated heterocycles. The molecular formula is C16H22O4. The Labute approximate surface area is 119 Å². The molecule has 0 N–H and O–H groups in total. The van der Waals surface area contributed by atoms with Crippen molar-refractivity contribution < 1.29 is 19.1 Å². The summed E-state index contributed by atoms with van der Waals surface area (Å²) >= 11 is 0. The van der Waals surface area contributed by atoms with Gasteiger partial charge in [-0.25, -0.2) is 0 Å². The summed E-state index contributed by atoms with van der Waals surface area (Å²) in [5.74, 6) is 1.16. The molecule has 0 spiro atoms. The molecule has 2 bridgehead atoms. The standard InChI is InChI=1S/C16H22O4/c1-9(17)19-13-7-8-14(20-10(2)18)16-12-5-3-11(4-6-12)15(13)16/h3,5,11-16H,4,6-8H2,1-2H3/t11-,12+,13+,14-,15+,16-. The quantitative estimate of drug-likeness (QED) is 0.575. The molecule has 2 saturated carbocycles. The maximum Gasteiger partial charge on any atom is 0.302 e. The summed E-state index contributed by atoms with van der Waals surface area (Å²) in [5.41, 5.74) is 0. The van der Waals surface area contributed by atoms with Gasteiger partial charge in [0.05, 0.1) is 0 Å². The van der Waals surface area contributed by atoms with Gasteiger partial charge >= 0.3 is 11.9 Å². The van der Waals surface area contributed by atoms with E-state index in [9.17, 15) is 9.59 Å². The smallest absolute Gasteiger partial charge is 0.302 e. The second kappa shape index (κ2) is 5.23. The van der Waals surface area contributed by atoms with Crippen molar-refractivity contribution in [2.75, 3.05) is 0 Å². The Bertz CT molecular complexity index is 402. The Balaban J connectivity index is 1.84. The van der Waals surface area contributed by atoms with Crippen molar-refractivity contribution in [3.63, 3.8) is 0 Å². The van der Waals surface area contributed by atoms with E-state index in [0.29, 0.717) is 23.7 Å². The summed E-state index contributed by atoms with van der Waals surface area (Å²) in [6, 6.07) is 0. The molecule has 0 aliphatic heterocycles. The van der Waals surface area contributed by atoms with Gasteiger partial charge in [0.15, 0.2) is 0 Å². The first-order valence-electron chi connectivity index (χ1n) is 7.59. The highest BCUT2D eigenvalue weighted by molar-refractivity contribution is 5.66. The zero-order valence-electron chi connectivity index (χ0n) is 12.1. The Hall–Kier alpha value is -1.32. The predicted octanol–water partition coefficient (Wildman–Crippen LogP) is 2.47. The minimum Gasteiger partial charge on any atom is -0.462 e. The van der Waals surface area contributed by atoms with E-state index in [1.807, 2.05) is 0 Å². The minimum atomic E-state index is -0.204. The van der Waals surface area contributed by atoms with E-state index in [0.717, 1.165) is 25.7 Å². The molecule has 0 aromatic heterocycles. The molecule has 4 nitrogen and oxygen atoms in total. The number of carbonyl (C=O) groups excluding carboxylic acids is 2. The van der Waals surface area contributed by atoms with Gasteiger partial charge in [0.1, 0.15) is 12.2 Å². The summed E-state index contributed by atoms with van der Waals surface area (Å²) < 4.78 is 11.1. The van der Waals surface area contributed by atoms with Gasteiger partial charge in [-0.15, -0.1) is 0 Å². The third kappa shape index (κ3) is 2.36. The van der Waals surface area contributed by atoms with Crippen LogP contribution in [0, 0.1) is 23.7 Å². The Morgan fingerprint density at radius 3 is 1.50 bits per heavy atom. The lowest BCUT2D eigenvalue weighted by molar-refractivity contribution is -0.176. The third-order valence-corrected chi connectivity index (χ3v) is 5.10. The average Bonchev–Trinajstić information content (AvgIpc) is 2.41. The van der Waals surface area contributed by atoms with Crippen LogP contribution >= 0.6 is 0 Å². The van der Waals surface area contributed by atoms with Crippen LogP contribution in [0.3, 0.4) is 0 Å². The van der Waals surface area contributed by atoms with Gasteiger partial charge in [-0.2, -0.15) is 0 Å². The molecule has 4 rings (SSSR count). The lowest BCUT2D eigenvalue weighted by Crippen LogP contribution is -2.53. The van der Waals surface area contributed by atoms with E-state index in [2.05, 4.69) is 12.2 Å². The van der Waals surface area contributed by atoms with E-state index in [1.165, 1.54) is 13.8 Å². The topological polar surface area (TPSA) is 52.6 Å². The van der Waals surface area contributed by atoms with Crippen LogP contribution in [0.5, 0.6) is 0 Å². The van der Waals surface area contributed by atoms with Crippen LogP contribution in [-0.4, -0.2) is 24.1 Å². The third-order valence-electron chi connectivity index (χ3n) is 5.10. The number of hydrogen-bond acceptors (Lipinski definition) is 4. The molecule has 0 aromatic rings. The van der Waals surface area contributed by atoms with Crippen molar-refractivity contribution in [2.45, 2.75) is 51.7 Å². The number of allylic oxidation sites excluding steroid dienone is 2. The molecule has 4 aliphatic carbocycles. The van der Waals surface area contributed by atoms with Gasteiger partial charge in [-0.05, 0) is 37.5 Å². The van der Waals surface area contributed by atoms with Crippen molar-refractivity contribution in [2.24, 2.45) is 23.7 Å². The van der Waals surface area contributed by atoms with Crippen LogP contribution in [0.4, 0.5) is 0 Å². The van der Waals surface area contributed by atoms with Crippen LogP contribution in [0.15, 0.2) is 12.2 Å². The average molecular weight is 278 g/mol. The van der Waals surface area contributed by atoms with Gasteiger partial charge < -0.3 is 9.47 Å². The van der Waals surface area contributed by atoms with E-state index in [1.54, 1.807) is 0 Å². The molecule has 0 radical (unpaired) electrons. The van der Waals surface area contributed by atoms with E-state index >= 15 is 0 Å². The summed E-state index contributed by atoms with van der Waals surface area (Å²) in [6.07, 6.45) is 8.46. The van der Waals surface area contributed by atoms with Crippen molar-refractivity contribution in [3.05, 3.63) is 12.2 Å². The molecule has 2 fully saturated rings. The Morgan fingerprint density at radius 1 is 0.800 bits per heavy atom. The summed E-state index contributed by atoms with van der Waals surface area (Å²) in [6.45, 7) is 2.95. The maximum atomic E-state index is 11.3. The Morgan fingerprint density at radius 2 is 1.20 bits per heavy atom. The molecule has 20 heavy (non-hydrogen) atoms. The molecular weight excluding hydrogens is 256 g/mol. The van der Waals surface area contributed by atoms with Gasteiger partial charge in [-0.1, -0.05) is 12.2 Å². The van der Waals surface area contributed by atoms with E-state index in [-0.39, 0.29) is 24.1 Å². The summed E-state index contributed by atoms with van der Waals surface area (Å²) in [7, 11) is 0. The fourth-order valence-electron chi connectivity index (χ4n) is 4.54. The summed E-state index contributed by atoms with van der Waals surface area (Å²) in [4.78, 5) is 22.7. The number of carbonyl (C=O) groups is 2. The fourth-order valence-corrected chi connectivity index (χ4v) is 4.54. The van der Waals surface area contributed by atoms with E-state index in [4.69, 9.17) is 9.47 Å². The monoisotopic (exact) mass is 278 g/mol. The lowest BCUT2D eigenvalue weighted by atomic mass is 9.56. The zero-order valence-corrected chi connectivity index (χ0v) is 12.1. The first-order chi connectivity index (χ1) is 9.56. The normalized spacial score (nSPS) is 41.9. The van der Waals surface area contributed by atoms with Crippen LogP contribution < -0.4 is 0 Å². The van der Waals surface area contributed by atoms with E-state index < -0.39 is 0 Å². The van der Waals surface area contributed by atoms with Crippen LogP contribution in [-0.2, 0) is 19.1 Å². The Kier molecular flexibility index (Phi) is 3.57. The molecule has 4 heteroatoms. The highest BCUT2D eigenvalue weighted by Gasteiger charge is 2.52. The molecule has 0 unspecified atom stereocenters. The van der Waals surface area contributed by atoms with Crippen LogP contribution in [0.1, 0.15) is 39.5 Å². The molecule has 0 aromatic carbocycles. The van der Waals surface area contributed by atoms with Crippen LogP contribution in [0.2, 0.25) is 0 Å². The minimum absolute atomic E-state index is 0.0120. The highest BCUT2D eigenvalue weighted by Crippen LogP contribution is 2.52. The molecule has 0 heterocycles. The van der Waals surface area contributed by atoms with Crippen molar-refractivity contribution in [1.29, 1.82) is 0 Å². The van der Waals surface area contributed by atoms with Gasteiger partial charge in [0.25, 0.3) is 0 Å². The second-order valence-electron chi connectivity index (χ2n) is 6.32. The molecule has 0 amide bonds. The molecule has 110 valence electrons. The predicted molar refractivity (Wildman–Crippen MR) is 72.7 cm³/mol. The van der Waals surface area contributed by atoms with Crippen molar-refractivity contribution in [3.8, 4) is 0 Å². The number of ether oxygens (including phenoxy) is 2. The fraction of sp³-hybridized carbons (Fsp3) is 0.750. The van der Waals surface area contributed by atoms with Crippen LogP contribution in [0.25, 0.3) is 0 Å². The van der Waals surface area contributed by atoms with Crippen molar-refractivity contribution >= 4 is 11.9 Å². The molecule has 6 atom stereocenters. The molecule has 4 aliphatic rings. The number of hydrogen-bond donors (Lipinski definition) is 0. The first kappa shape index (κ1) is 13.7. The number of fused-ring (bicyclic) bond motifs is 1. The van der Waals surface area contributed by atoms with Crippen molar-refractivity contribution in [1.82, 2.24) is 0 Å². The maximum absolute atomic E-state index is 11.3. The first-order valence-corrected chi connectivity index (χ1v) is 7.59. The number of esters is 2. The SMILES string of the molecule is CC(=O)O[C@H]1CC[C@@H](OC(C)=O)[C@@H]2[C@H]1[C@@H]1C=C[C@H]2CC1. The zero-order chi connectivity index (χ0) is 14.3. The number of rotatable bonds is 2. The largest absolute Gasteiger partial charge is 0.462 e. The van der Waals surface area contributed by atoms with Gasteiger partial charge in [0.2, 0.25) is 0 Å².